The Morgan fingerprint density at radius 3 is 2.67 bits per heavy atom. The third-order valence-corrected chi connectivity index (χ3v) is 3.53. The number of nitrogen functional groups attached to an aromatic ring is 1. The second kappa shape index (κ2) is 6.56. The molecule has 0 saturated carbocycles. The quantitative estimate of drug-likeness (QED) is 0.755. The summed E-state index contributed by atoms with van der Waals surface area (Å²) in [6, 6.07) is 1.31. The molecule has 9 nitrogen and oxygen atoms in total. The first-order valence-corrected chi connectivity index (χ1v) is 7.12. The van der Waals surface area contributed by atoms with E-state index in [1.807, 2.05) is 0 Å². The summed E-state index contributed by atoms with van der Waals surface area (Å²) >= 11 is 0. The highest BCUT2D eigenvalue weighted by Crippen LogP contribution is 2.42. The molecule has 0 amide bonds. The van der Waals surface area contributed by atoms with Crippen molar-refractivity contribution in [1.29, 1.82) is 0 Å². The lowest BCUT2D eigenvalue weighted by atomic mass is 9.98. The van der Waals surface area contributed by atoms with Gasteiger partial charge < -0.3 is 19.9 Å². The van der Waals surface area contributed by atoms with Crippen molar-refractivity contribution in [2.45, 2.75) is 44.9 Å². The Kier molecular flexibility index (Phi) is 4.88. The van der Waals surface area contributed by atoms with Gasteiger partial charge in [0.25, 0.3) is 0 Å². The van der Waals surface area contributed by atoms with E-state index in [9.17, 15) is 14.4 Å². The van der Waals surface area contributed by atoms with Crippen molar-refractivity contribution in [1.82, 2.24) is 9.55 Å². The lowest BCUT2D eigenvalue weighted by Crippen LogP contribution is -2.45. The number of rotatable bonds is 4. The van der Waals surface area contributed by atoms with Crippen molar-refractivity contribution in [3.05, 3.63) is 22.7 Å². The number of alkyl halides is 1. The summed E-state index contributed by atoms with van der Waals surface area (Å²) in [5.41, 5.74) is 2.32. The molecule has 132 valence electrons. The molecule has 1 aromatic rings. The lowest BCUT2D eigenvalue weighted by Gasteiger charge is -2.27. The summed E-state index contributed by atoms with van der Waals surface area (Å²) in [7, 11) is 0. The summed E-state index contributed by atoms with van der Waals surface area (Å²) < 4.78 is 31.5. The van der Waals surface area contributed by atoms with Gasteiger partial charge in [-0.3, -0.25) is 14.2 Å². The number of aromatic nitrogens is 2. The molecule has 0 spiro atoms. The predicted molar refractivity (Wildman–Crippen MR) is 78.5 cm³/mol. The summed E-state index contributed by atoms with van der Waals surface area (Å²) in [6.45, 7) is 3.09. The SMILES string of the molecule is CC(=O)OC[C@H]1O[C@@H](n2ccc(N)nc2=O)[C@](C)(F)[C@@H]1OC(C)=O. The smallest absolute Gasteiger partial charge is 0.351 e. The number of carbonyl (C=O) groups is 2. The molecule has 0 unspecified atom stereocenters. The molecule has 0 aromatic carbocycles. The first-order chi connectivity index (χ1) is 11.1. The molecule has 2 rings (SSSR count). The molecule has 1 saturated heterocycles. The third kappa shape index (κ3) is 3.53. The fraction of sp³-hybridized carbons (Fsp3) is 0.571. The minimum absolute atomic E-state index is 0.0252. The van der Waals surface area contributed by atoms with Gasteiger partial charge in [0.1, 0.15) is 18.5 Å². The van der Waals surface area contributed by atoms with Crippen LogP contribution in [0.15, 0.2) is 17.1 Å². The third-order valence-electron chi connectivity index (χ3n) is 3.53. The molecular weight excluding hydrogens is 325 g/mol. The van der Waals surface area contributed by atoms with E-state index in [1.54, 1.807) is 0 Å². The van der Waals surface area contributed by atoms with Crippen molar-refractivity contribution >= 4 is 17.8 Å². The van der Waals surface area contributed by atoms with Crippen LogP contribution in [-0.2, 0) is 23.8 Å². The second-order valence-corrected chi connectivity index (χ2v) is 5.55. The van der Waals surface area contributed by atoms with Gasteiger partial charge in [0.15, 0.2) is 18.0 Å². The molecule has 1 fully saturated rings. The highest BCUT2D eigenvalue weighted by atomic mass is 19.1. The Labute approximate surface area is 136 Å². The van der Waals surface area contributed by atoms with E-state index >= 15 is 4.39 Å². The Morgan fingerprint density at radius 1 is 1.46 bits per heavy atom. The number of hydrogen-bond donors (Lipinski definition) is 1. The highest BCUT2D eigenvalue weighted by Gasteiger charge is 2.58. The number of anilines is 1. The fourth-order valence-corrected chi connectivity index (χ4v) is 2.51. The highest BCUT2D eigenvalue weighted by molar-refractivity contribution is 5.66. The predicted octanol–water partition coefficient (Wildman–Crippen LogP) is -0.0541. The van der Waals surface area contributed by atoms with Gasteiger partial charge in [-0.2, -0.15) is 4.98 Å². The molecule has 4 atom stereocenters. The average molecular weight is 343 g/mol. The van der Waals surface area contributed by atoms with Gasteiger partial charge in [-0.15, -0.1) is 0 Å². The van der Waals surface area contributed by atoms with Crippen LogP contribution in [0.3, 0.4) is 0 Å². The zero-order valence-corrected chi connectivity index (χ0v) is 13.4. The monoisotopic (exact) mass is 343 g/mol. The summed E-state index contributed by atoms with van der Waals surface area (Å²) in [6.07, 6.45) is -2.65. The average Bonchev–Trinajstić information content (AvgIpc) is 2.68. The van der Waals surface area contributed by atoms with Crippen LogP contribution in [0.4, 0.5) is 10.2 Å². The molecule has 1 aliphatic rings. The maximum Gasteiger partial charge on any atom is 0.351 e. The number of carbonyl (C=O) groups excluding carboxylic acids is 2. The van der Waals surface area contributed by atoms with E-state index in [0.29, 0.717) is 0 Å². The Hall–Kier alpha value is -2.49. The minimum atomic E-state index is -2.27. The van der Waals surface area contributed by atoms with E-state index in [0.717, 1.165) is 18.4 Å². The van der Waals surface area contributed by atoms with Crippen LogP contribution < -0.4 is 11.4 Å². The molecule has 2 heterocycles. The topological polar surface area (TPSA) is 123 Å². The molecule has 24 heavy (non-hydrogen) atoms. The van der Waals surface area contributed by atoms with E-state index in [-0.39, 0.29) is 12.4 Å². The van der Waals surface area contributed by atoms with E-state index in [2.05, 4.69) is 4.98 Å². The zero-order chi connectivity index (χ0) is 18.1. The van der Waals surface area contributed by atoms with Crippen LogP contribution >= 0.6 is 0 Å². The van der Waals surface area contributed by atoms with E-state index < -0.39 is 41.7 Å². The van der Waals surface area contributed by atoms with Crippen LogP contribution in [0, 0.1) is 0 Å². The molecule has 1 aliphatic heterocycles. The van der Waals surface area contributed by atoms with Gasteiger partial charge in [-0.25, -0.2) is 9.18 Å². The van der Waals surface area contributed by atoms with Crippen molar-refractivity contribution in [2.75, 3.05) is 12.3 Å². The van der Waals surface area contributed by atoms with Gasteiger partial charge in [0.2, 0.25) is 0 Å². The van der Waals surface area contributed by atoms with Crippen molar-refractivity contribution in [2.24, 2.45) is 0 Å². The molecule has 1 aromatic heterocycles. The lowest BCUT2D eigenvalue weighted by molar-refractivity contribution is -0.158. The first kappa shape index (κ1) is 17.9. The number of nitrogens with two attached hydrogens (primary N) is 1. The van der Waals surface area contributed by atoms with Crippen LogP contribution in [0.5, 0.6) is 0 Å². The maximum absolute atomic E-state index is 15.3. The summed E-state index contributed by atoms with van der Waals surface area (Å²) in [4.78, 5) is 37.7. The molecular formula is C14H18FN3O6. The summed E-state index contributed by atoms with van der Waals surface area (Å²) in [5.74, 6) is -1.36. The van der Waals surface area contributed by atoms with Crippen molar-refractivity contribution in [3.63, 3.8) is 0 Å². The molecule has 0 radical (unpaired) electrons. The van der Waals surface area contributed by atoms with Gasteiger partial charge in [-0.05, 0) is 13.0 Å². The standard InChI is InChI=1S/C14H18FN3O6/c1-7(19)22-6-9-11(23-8(2)20)14(3,15)12(24-9)18-5-4-10(16)17-13(18)21/h4-5,9,11-12H,6H2,1-3H3,(H2,16,17,21)/t9-,11-,12-,14-/m1/s1. The zero-order valence-electron chi connectivity index (χ0n) is 13.4. The number of halogens is 1. The first-order valence-electron chi connectivity index (χ1n) is 7.12. The largest absolute Gasteiger partial charge is 0.463 e. The maximum atomic E-state index is 15.3. The normalized spacial score (nSPS) is 29.2. The van der Waals surface area contributed by atoms with Gasteiger partial charge in [0, 0.05) is 20.0 Å². The van der Waals surface area contributed by atoms with E-state index in [1.165, 1.54) is 19.2 Å². The van der Waals surface area contributed by atoms with Crippen LogP contribution in [-0.4, -0.2) is 46.0 Å². The molecule has 0 bridgehead atoms. The Bertz CT molecular complexity index is 704. The molecule has 10 heteroatoms. The second-order valence-electron chi connectivity index (χ2n) is 5.55. The number of esters is 2. The van der Waals surface area contributed by atoms with Crippen LogP contribution in [0.25, 0.3) is 0 Å². The fourth-order valence-electron chi connectivity index (χ4n) is 2.51. The van der Waals surface area contributed by atoms with Gasteiger partial charge >= 0.3 is 17.6 Å². The van der Waals surface area contributed by atoms with Crippen molar-refractivity contribution in [3.8, 4) is 0 Å². The van der Waals surface area contributed by atoms with Gasteiger partial charge in [0.05, 0.1) is 0 Å². The molecule has 0 aliphatic carbocycles. The number of hydrogen-bond acceptors (Lipinski definition) is 8. The minimum Gasteiger partial charge on any atom is -0.463 e. The number of nitrogens with zero attached hydrogens (tertiary/aromatic N) is 2. The number of ether oxygens (including phenoxy) is 3. The Morgan fingerprint density at radius 2 is 2.12 bits per heavy atom. The summed E-state index contributed by atoms with van der Waals surface area (Å²) in [5, 5.41) is 0. The van der Waals surface area contributed by atoms with Gasteiger partial charge in [-0.1, -0.05) is 0 Å². The van der Waals surface area contributed by atoms with Crippen LogP contribution in [0.1, 0.15) is 27.0 Å². The van der Waals surface area contributed by atoms with Crippen LogP contribution in [0.2, 0.25) is 0 Å². The molecule has 2 N–H and O–H groups in total. The van der Waals surface area contributed by atoms with Crippen molar-refractivity contribution < 1.29 is 28.2 Å². The van der Waals surface area contributed by atoms with E-state index in [4.69, 9.17) is 19.9 Å². The Balaban J connectivity index is 2.37.